The fourth-order valence-electron chi connectivity index (χ4n) is 2.23. The number of hydrogen-bond acceptors (Lipinski definition) is 3. The van der Waals surface area contributed by atoms with Crippen molar-refractivity contribution in [3.05, 3.63) is 23.0 Å². The van der Waals surface area contributed by atoms with E-state index in [1.54, 1.807) is 0 Å². The van der Waals surface area contributed by atoms with Crippen molar-refractivity contribution in [1.82, 2.24) is 9.55 Å². The lowest BCUT2D eigenvalue weighted by atomic mass is 10.1. The van der Waals surface area contributed by atoms with E-state index in [4.69, 9.17) is 21.7 Å². The second-order valence-corrected chi connectivity index (χ2v) is 5.85. The Morgan fingerprint density at radius 3 is 2.81 bits per heavy atom. The first-order chi connectivity index (χ1) is 10.1. The van der Waals surface area contributed by atoms with Crippen LogP contribution in [-0.2, 0) is 11.3 Å². The molecule has 0 spiro atoms. The molecule has 0 fully saturated rings. The minimum absolute atomic E-state index is 0.642. The molecule has 21 heavy (non-hydrogen) atoms. The number of para-hydroxylation sites is 1. The van der Waals surface area contributed by atoms with Crippen molar-refractivity contribution in [2.24, 2.45) is 5.92 Å². The fraction of sp³-hybridized carbons (Fsp3) is 0.562. The zero-order chi connectivity index (χ0) is 15.2. The molecule has 0 aliphatic carbocycles. The average molecular weight is 308 g/mol. The highest BCUT2D eigenvalue weighted by Gasteiger charge is 2.08. The maximum absolute atomic E-state index is 5.69. The molecule has 0 aliphatic heterocycles. The topological polar surface area (TPSA) is 39.2 Å². The smallest absolute Gasteiger partial charge is 0.178 e. The average Bonchev–Trinajstić information content (AvgIpc) is 2.76. The maximum atomic E-state index is 5.69. The van der Waals surface area contributed by atoms with Crippen molar-refractivity contribution in [1.29, 1.82) is 0 Å². The van der Waals surface area contributed by atoms with E-state index in [1.165, 1.54) is 0 Å². The fourth-order valence-corrected chi connectivity index (χ4v) is 2.52. The number of fused-ring (bicyclic) bond motifs is 1. The predicted molar refractivity (Wildman–Crippen MR) is 88.6 cm³/mol. The molecule has 0 radical (unpaired) electrons. The maximum Gasteiger partial charge on any atom is 0.178 e. The van der Waals surface area contributed by atoms with E-state index in [0.717, 1.165) is 36.4 Å². The number of hydrogen-bond donors (Lipinski definition) is 1. The Balaban J connectivity index is 2.08. The predicted octanol–water partition coefficient (Wildman–Crippen LogP) is 4.16. The second-order valence-electron chi connectivity index (χ2n) is 5.46. The van der Waals surface area contributed by atoms with Crippen molar-refractivity contribution in [3.63, 3.8) is 0 Å². The summed E-state index contributed by atoms with van der Waals surface area (Å²) in [4.78, 5) is 3.24. The molecule has 1 heterocycles. The van der Waals surface area contributed by atoms with Crippen LogP contribution in [-0.4, -0.2) is 29.4 Å². The summed E-state index contributed by atoms with van der Waals surface area (Å²) in [5, 5.41) is 0. The van der Waals surface area contributed by atoms with Crippen molar-refractivity contribution < 1.29 is 9.47 Å². The Kier molecular flexibility index (Phi) is 5.82. The summed E-state index contributed by atoms with van der Waals surface area (Å²) in [5.74, 6) is 1.52. The number of imidazole rings is 1. The van der Waals surface area contributed by atoms with Gasteiger partial charge in [-0.2, -0.15) is 0 Å². The normalized spacial score (nSPS) is 11.4. The van der Waals surface area contributed by atoms with E-state index in [2.05, 4.69) is 29.5 Å². The number of nitrogens with one attached hydrogen (secondary N) is 1. The zero-order valence-electron chi connectivity index (χ0n) is 13.0. The molecule has 1 aromatic carbocycles. The standard InChI is InChI=1S/C16H24N2O2S/c1-4-20-14-7-5-6-13-15(14)17-16(21)18(13)9-11-19-10-8-12(2)3/h5-7,12H,4,8-11H2,1-3H3,(H,17,21). The molecule has 1 N–H and O–H groups in total. The van der Waals surface area contributed by atoms with Gasteiger partial charge in [0.25, 0.3) is 0 Å². The molecule has 2 rings (SSSR count). The van der Waals surface area contributed by atoms with Gasteiger partial charge in [0, 0.05) is 13.2 Å². The molecular weight excluding hydrogens is 284 g/mol. The van der Waals surface area contributed by atoms with Crippen molar-refractivity contribution in [2.45, 2.75) is 33.7 Å². The first kappa shape index (κ1) is 16.0. The number of ether oxygens (including phenoxy) is 2. The van der Waals surface area contributed by atoms with Gasteiger partial charge in [0.15, 0.2) is 4.77 Å². The van der Waals surface area contributed by atoms with Gasteiger partial charge in [0.2, 0.25) is 0 Å². The summed E-state index contributed by atoms with van der Waals surface area (Å²) < 4.78 is 14.1. The van der Waals surface area contributed by atoms with Gasteiger partial charge in [0.1, 0.15) is 11.3 Å². The van der Waals surface area contributed by atoms with E-state index in [0.29, 0.717) is 23.9 Å². The summed E-state index contributed by atoms with van der Waals surface area (Å²) in [6.07, 6.45) is 1.09. The third-order valence-electron chi connectivity index (χ3n) is 3.37. The third-order valence-corrected chi connectivity index (χ3v) is 3.69. The lowest BCUT2D eigenvalue weighted by Crippen LogP contribution is -2.08. The second kappa shape index (κ2) is 7.61. The molecule has 0 aliphatic rings. The van der Waals surface area contributed by atoms with Crippen LogP contribution in [0.1, 0.15) is 27.2 Å². The largest absolute Gasteiger partial charge is 0.492 e. The Morgan fingerprint density at radius 1 is 1.29 bits per heavy atom. The van der Waals surface area contributed by atoms with Crippen molar-refractivity contribution in [2.75, 3.05) is 19.8 Å². The van der Waals surface area contributed by atoms with E-state index >= 15 is 0 Å². The van der Waals surface area contributed by atoms with Gasteiger partial charge in [0.05, 0.1) is 18.7 Å². The number of benzene rings is 1. The summed E-state index contributed by atoms with van der Waals surface area (Å²) in [6, 6.07) is 6.00. The number of aromatic nitrogens is 2. The van der Waals surface area contributed by atoms with Gasteiger partial charge in [-0.1, -0.05) is 19.9 Å². The van der Waals surface area contributed by atoms with Gasteiger partial charge in [-0.05, 0) is 43.6 Å². The molecule has 2 aromatic rings. The monoisotopic (exact) mass is 308 g/mol. The number of nitrogens with zero attached hydrogens (tertiary/aromatic N) is 1. The first-order valence-corrected chi connectivity index (χ1v) is 7.96. The highest BCUT2D eigenvalue weighted by molar-refractivity contribution is 7.71. The van der Waals surface area contributed by atoms with Crippen LogP contribution >= 0.6 is 12.2 Å². The van der Waals surface area contributed by atoms with E-state index in [9.17, 15) is 0 Å². The molecule has 0 saturated heterocycles. The Morgan fingerprint density at radius 2 is 2.10 bits per heavy atom. The zero-order valence-corrected chi connectivity index (χ0v) is 13.8. The first-order valence-electron chi connectivity index (χ1n) is 7.55. The van der Waals surface area contributed by atoms with Gasteiger partial charge in [-0.25, -0.2) is 0 Å². The van der Waals surface area contributed by atoms with Gasteiger partial charge >= 0.3 is 0 Å². The molecule has 0 amide bonds. The van der Waals surface area contributed by atoms with Crippen LogP contribution in [0.25, 0.3) is 11.0 Å². The molecule has 4 nitrogen and oxygen atoms in total. The minimum Gasteiger partial charge on any atom is -0.492 e. The van der Waals surface area contributed by atoms with E-state index < -0.39 is 0 Å². The molecular formula is C16H24N2O2S. The SMILES string of the molecule is CCOc1cccc2c1[nH]c(=S)n2CCOCCC(C)C. The summed E-state index contributed by atoms with van der Waals surface area (Å²) in [5.41, 5.74) is 2.03. The van der Waals surface area contributed by atoms with Gasteiger partial charge in [-0.15, -0.1) is 0 Å². The van der Waals surface area contributed by atoms with E-state index in [1.807, 2.05) is 19.1 Å². The van der Waals surface area contributed by atoms with Gasteiger partial charge < -0.3 is 19.0 Å². The van der Waals surface area contributed by atoms with Crippen LogP contribution in [0.5, 0.6) is 5.75 Å². The van der Waals surface area contributed by atoms with E-state index in [-0.39, 0.29) is 0 Å². The molecule has 0 saturated carbocycles. The number of rotatable bonds is 8. The Labute approximate surface area is 131 Å². The quantitative estimate of drug-likeness (QED) is 0.588. The van der Waals surface area contributed by atoms with Crippen LogP contribution in [0.2, 0.25) is 0 Å². The minimum atomic E-state index is 0.642. The van der Waals surface area contributed by atoms with Crippen LogP contribution < -0.4 is 4.74 Å². The lowest BCUT2D eigenvalue weighted by Gasteiger charge is -2.08. The third kappa shape index (κ3) is 4.08. The van der Waals surface area contributed by atoms with Crippen LogP contribution in [0.3, 0.4) is 0 Å². The van der Waals surface area contributed by atoms with Crippen LogP contribution in [0, 0.1) is 10.7 Å². The lowest BCUT2D eigenvalue weighted by molar-refractivity contribution is 0.116. The van der Waals surface area contributed by atoms with Crippen LogP contribution in [0.4, 0.5) is 0 Å². The molecule has 0 bridgehead atoms. The van der Waals surface area contributed by atoms with Crippen molar-refractivity contribution in [3.8, 4) is 5.75 Å². The highest BCUT2D eigenvalue weighted by Crippen LogP contribution is 2.24. The van der Waals surface area contributed by atoms with Crippen LogP contribution in [0.15, 0.2) is 18.2 Å². The van der Waals surface area contributed by atoms with Crippen molar-refractivity contribution >= 4 is 23.3 Å². The highest BCUT2D eigenvalue weighted by atomic mass is 32.1. The van der Waals surface area contributed by atoms with Gasteiger partial charge in [-0.3, -0.25) is 0 Å². The summed E-state index contributed by atoms with van der Waals surface area (Å²) in [6.45, 7) is 9.26. The molecule has 5 heteroatoms. The Bertz CT molecular complexity index is 631. The number of H-pyrrole nitrogens is 1. The molecule has 1 aromatic heterocycles. The molecule has 0 atom stereocenters. The summed E-state index contributed by atoms with van der Waals surface area (Å²) in [7, 11) is 0. The molecule has 0 unspecified atom stereocenters. The number of aromatic amines is 1. The summed E-state index contributed by atoms with van der Waals surface area (Å²) >= 11 is 5.41. The Hall–Kier alpha value is -1.33. The molecule has 116 valence electrons.